The van der Waals surface area contributed by atoms with E-state index < -0.39 is 0 Å². The summed E-state index contributed by atoms with van der Waals surface area (Å²) in [6.07, 6.45) is 8.57. The number of hydrogen-bond donors (Lipinski definition) is 1. The van der Waals surface area contributed by atoms with Gasteiger partial charge in [0.1, 0.15) is 0 Å². The van der Waals surface area contributed by atoms with Gasteiger partial charge in [0.15, 0.2) is 0 Å². The molecule has 1 heterocycles. The Labute approximate surface area is 94.8 Å². The van der Waals surface area contributed by atoms with Crippen LogP contribution in [0.2, 0.25) is 0 Å². The molecule has 1 rings (SSSR count). The highest BCUT2D eigenvalue weighted by Crippen LogP contribution is 2.19. The van der Waals surface area contributed by atoms with Gasteiger partial charge in [-0.25, -0.2) is 0 Å². The van der Waals surface area contributed by atoms with E-state index in [9.17, 15) is 0 Å². The number of hydrogen-bond acceptors (Lipinski definition) is 2. The van der Waals surface area contributed by atoms with Crippen LogP contribution in [-0.4, -0.2) is 25.8 Å². The molecule has 0 aromatic heterocycles. The summed E-state index contributed by atoms with van der Waals surface area (Å²) in [7, 11) is 0. The van der Waals surface area contributed by atoms with E-state index in [0.29, 0.717) is 6.10 Å². The summed E-state index contributed by atoms with van der Waals surface area (Å²) >= 11 is 0. The van der Waals surface area contributed by atoms with Gasteiger partial charge < -0.3 is 10.1 Å². The van der Waals surface area contributed by atoms with Crippen molar-refractivity contribution < 1.29 is 4.74 Å². The fraction of sp³-hybridized carbons (Fsp3) is 1.00. The third kappa shape index (κ3) is 5.53. The Kier molecular flexibility index (Phi) is 7.03. The molecular formula is C13H27NO. The largest absolute Gasteiger partial charge is 0.378 e. The monoisotopic (exact) mass is 213 g/mol. The van der Waals surface area contributed by atoms with E-state index in [-0.39, 0.29) is 0 Å². The van der Waals surface area contributed by atoms with Crippen molar-refractivity contribution in [1.82, 2.24) is 5.32 Å². The molecule has 0 bridgehead atoms. The fourth-order valence-corrected chi connectivity index (χ4v) is 2.19. The molecule has 0 amide bonds. The van der Waals surface area contributed by atoms with Crippen molar-refractivity contribution in [3.05, 3.63) is 0 Å². The summed E-state index contributed by atoms with van der Waals surface area (Å²) in [6.45, 7) is 7.76. The van der Waals surface area contributed by atoms with Gasteiger partial charge in [-0.3, -0.25) is 0 Å². The summed E-state index contributed by atoms with van der Waals surface area (Å²) in [5.74, 6) is 0.751. The lowest BCUT2D eigenvalue weighted by molar-refractivity contribution is 0.105. The third-order valence-corrected chi connectivity index (χ3v) is 3.40. The molecule has 1 saturated heterocycles. The summed E-state index contributed by atoms with van der Waals surface area (Å²) in [4.78, 5) is 0. The number of rotatable bonds is 8. The highest BCUT2D eigenvalue weighted by molar-refractivity contribution is 4.74. The van der Waals surface area contributed by atoms with E-state index in [1.807, 2.05) is 0 Å². The summed E-state index contributed by atoms with van der Waals surface area (Å²) in [5.41, 5.74) is 0. The van der Waals surface area contributed by atoms with Crippen LogP contribution in [0.1, 0.15) is 52.4 Å². The summed E-state index contributed by atoms with van der Waals surface area (Å²) in [5, 5.41) is 3.55. The van der Waals surface area contributed by atoms with Crippen LogP contribution >= 0.6 is 0 Å². The lowest BCUT2D eigenvalue weighted by Crippen LogP contribution is -2.27. The van der Waals surface area contributed by atoms with Crippen molar-refractivity contribution in [3.8, 4) is 0 Å². The zero-order chi connectivity index (χ0) is 10.9. The number of nitrogens with one attached hydrogen (secondary N) is 1. The maximum absolute atomic E-state index is 5.54. The summed E-state index contributed by atoms with van der Waals surface area (Å²) in [6, 6.07) is 0. The molecule has 1 N–H and O–H groups in total. The van der Waals surface area contributed by atoms with Crippen molar-refractivity contribution in [1.29, 1.82) is 0 Å². The lowest BCUT2D eigenvalue weighted by atomic mass is 10.0. The smallest absolute Gasteiger partial charge is 0.0588 e. The molecule has 15 heavy (non-hydrogen) atoms. The molecule has 0 aromatic carbocycles. The first-order valence-corrected chi connectivity index (χ1v) is 6.67. The minimum atomic E-state index is 0.470. The first-order chi connectivity index (χ1) is 7.34. The van der Waals surface area contributed by atoms with E-state index in [4.69, 9.17) is 4.74 Å². The molecule has 2 unspecified atom stereocenters. The Morgan fingerprint density at radius 1 is 1.20 bits per heavy atom. The van der Waals surface area contributed by atoms with E-state index in [0.717, 1.165) is 19.1 Å². The van der Waals surface area contributed by atoms with Crippen LogP contribution < -0.4 is 5.32 Å². The number of unbranched alkanes of at least 4 members (excludes halogenated alkanes) is 4. The predicted octanol–water partition coefficient (Wildman–Crippen LogP) is 2.97. The molecule has 0 saturated carbocycles. The Morgan fingerprint density at radius 3 is 2.67 bits per heavy atom. The van der Waals surface area contributed by atoms with Gasteiger partial charge in [0.2, 0.25) is 0 Å². The van der Waals surface area contributed by atoms with Crippen LogP contribution in [0.4, 0.5) is 0 Å². The zero-order valence-electron chi connectivity index (χ0n) is 10.4. The second-order valence-corrected chi connectivity index (χ2v) is 4.74. The molecule has 90 valence electrons. The minimum absolute atomic E-state index is 0.470. The van der Waals surface area contributed by atoms with Crippen molar-refractivity contribution >= 4 is 0 Å². The van der Waals surface area contributed by atoms with E-state index >= 15 is 0 Å². The molecule has 0 spiro atoms. The molecule has 1 fully saturated rings. The standard InChI is InChI=1S/C13H27NO/c1-3-4-5-6-7-9-14-11-13-8-10-15-12(13)2/h12-14H,3-11H2,1-2H3. The van der Waals surface area contributed by atoms with Gasteiger partial charge in [-0.2, -0.15) is 0 Å². The van der Waals surface area contributed by atoms with Crippen molar-refractivity contribution in [2.24, 2.45) is 5.92 Å². The highest BCUT2D eigenvalue weighted by Gasteiger charge is 2.23. The van der Waals surface area contributed by atoms with E-state index in [2.05, 4.69) is 19.2 Å². The number of ether oxygens (including phenoxy) is 1. The molecule has 1 aliphatic rings. The quantitative estimate of drug-likeness (QED) is 0.626. The van der Waals surface area contributed by atoms with E-state index in [1.54, 1.807) is 0 Å². The van der Waals surface area contributed by atoms with Gasteiger partial charge in [-0.05, 0) is 32.2 Å². The van der Waals surface area contributed by atoms with Crippen molar-refractivity contribution in [2.45, 2.75) is 58.5 Å². The van der Waals surface area contributed by atoms with E-state index in [1.165, 1.54) is 45.1 Å². The maximum Gasteiger partial charge on any atom is 0.0588 e. The molecule has 1 aliphatic heterocycles. The second kappa shape index (κ2) is 8.12. The topological polar surface area (TPSA) is 21.3 Å². The highest BCUT2D eigenvalue weighted by atomic mass is 16.5. The van der Waals surface area contributed by atoms with Gasteiger partial charge in [0, 0.05) is 13.2 Å². The van der Waals surface area contributed by atoms with Gasteiger partial charge in [0.05, 0.1) is 6.10 Å². The van der Waals surface area contributed by atoms with Crippen molar-refractivity contribution in [3.63, 3.8) is 0 Å². The average molecular weight is 213 g/mol. The Balaban J connectivity index is 1.84. The molecule has 2 nitrogen and oxygen atoms in total. The van der Waals surface area contributed by atoms with Crippen LogP contribution in [0.3, 0.4) is 0 Å². The predicted molar refractivity (Wildman–Crippen MR) is 65.1 cm³/mol. The Bertz CT molecular complexity index is 149. The van der Waals surface area contributed by atoms with Crippen LogP contribution in [0.15, 0.2) is 0 Å². The maximum atomic E-state index is 5.54. The van der Waals surface area contributed by atoms with Crippen LogP contribution in [0, 0.1) is 5.92 Å². The molecule has 0 aromatic rings. The second-order valence-electron chi connectivity index (χ2n) is 4.74. The third-order valence-electron chi connectivity index (χ3n) is 3.40. The lowest BCUT2D eigenvalue weighted by Gasteiger charge is -2.14. The fourth-order valence-electron chi connectivity index (χ4n) is 2.19. The van der Waals surface area contributed by atoms with Crippen LogP contribution in [0.25, 0.3) is 0 Å². The molecule has 2 atom stereocenters. The minimum Gasteiger partial charge on any atom is -0.378 e. The molecule has 2 heteroatoms. The Morgan fingerprint density at radius 2 is 2.00 bits per heavy atom. The summed E-state index contributed by atoms with van der Waals surface area (Å²) < 4.78 is 5.54. The normalized spacial score (nSPS) is 26.0. The van der Waals surface area contributed by atoms with Gasteiger partial charge in [0.25, 0.3) is 0 Å². The van der Waals surface area contributed by atoms with Crippen molar-refractivity contribution in [2.75, 3.05) is 19.7 Å². The Hall–Kier alpha value is -0.0800. The first-order valence-electron chi connectivity index (χ1n) is 6.67. The average Bonchev–Trinajstić information content (AvgIpc) is 2.63. The molecular weight excluding hydrogens is 186 g/mol. The van der Waals surface area contributed by atoms with Crippen LogP contribution in [-0.2, 0) is 4.74 Å². The SMILES string of the molecule is CCCCCCCNCC1CCOC1C. The first kappa shape index (κ1) is 13.0. The van der Waals surface area contributed by atoms with Gasteiger partial charge >= 0.3 is 0 Å². The zero-order valence-corrected chi connectivity index (χ0v) is 10.4. The molecule has 0 aliphatic carbocycles. The van der Waals surface area contributed by atoms with Crippen LogP contribution in [0.5, 0.6) is 0 Å². The van der Waals surface area contributed by atoms with Gasteiger partial charge in [-0.1, -0.05) is 32.6 Å². The van der Waals surface area contributed by atoms with Gasteiger partial charge in [-0.15, -0.1) is 0 Å². The molecule has 0 radical (unpaired) electrons.